The molecule has 1 rings (SSSR count). The predicted molar refractivity (Wildman–Crippen MR) is 73.5 cm³/mol. The third-order valence-corrected chi connectivity index (χ3v) is 3.03. The van der Waals surface area contributed by atoms with Crippen molar-refractivity contribution >= 4 is 0 Å². The summed E-state index contributed by atoms with van der Waals surface area (Å²) in [6.07, 6.45) is 6.73. The number of aliphatic hydroxyl groups is 2. The number of aliphatic hydroxyl groups excluding tert-OH is 2. The highest BCUT2D eigenvalue weighted by molar-refractivity contribution is 5.15. The molecule has 0 amide bonds. The molecule has 4 nitrogen and oxygen atoms in total. The summed E-state index contributed by atoms with van der Waals surface area (Å²) in [5.74, 6) is 0. The van der Waals surface area contributed by atoms with Crippen molar-refractivity contribution in [2.24, 2.45) is 0 Å². The highest BCUT2D eigenvalue weighted by Gasteiger charge is 2.11. The van der Waals surface area contributed by atoms with Gasteiger partial charge >= 0.3 is 0 Å². The topological polar surface area (TPSA) is 57.4 Å². The van der Waals surface area contributed by atoms with Gasteiger partial charge in [0.15, 0.2) is 0 Å². The molecule has 3 N–H and O–H groups in total. The van der Waals surface area contributed by atoms with Crippen molar-refractivity contribution in [3.8, 4) is 0 Å². The van der Waals surface area contributed by atoms with Gasteiger partial charge in [-0.1, -0.05) is 20.3 Å². The number of nitrogens with one attached hydrogen (secondary N) is 1. The molecule has 0 aliphatic carbocycles. The van der Waals surface area contributed by atoms with E-state index < -0.39 is 6.10 Å². The van der Waals surface area contributed by atoms with Crippen molar-refractivity contribution in [3.05, 3.63) is 24.0 Å². The van der Waals surface area contributed by atoms with E-state index in [9.17, 15) is 5.11 Å². The van der Waals surface area contributed by atoms with E-state index in [-0.39, 0.29) is 6.61 Å². The molecule has 18 heavy (non-hydrogen) atoms. The predicted octanol–water partition coefficient (Wildman–Crippen LogP) is 1.68. The maximum Gasteiger partial charge on any atom is 0.0949 e. The average molecular weight is 254 g/mol. The van der Waals surface area contributed by atoms with Crippen molar-refractivity contribution in [1.82, 2.24) is 9.88 Å². The Labute approximate surface area is 110 Å². The molecule has 0 saturated carbocycles. The van der Waals surface area contributed by atoms with Crippen LogP contribution in [0.1, 0.15) is 44.7 Å². The Morgan fingerprint density at radius 1 is 1.33 bits per heavy atom. The van der Waals surface area contributed by atoms with Crippen LogP contribution < -0.4 is 5.32 Å². The minimum atomic E-state index is -0.682. The largest absolute Gasteiger partial charge is 0.394 e. The zero-order valence-electron chi connectivity index (χ0n) is 11.5. The van der Waals surface area contributed by atoms with Crippen molar-refractivity contribution in [1.29, 1.82) is 0 Å². The molecule has 1 heterocycles. The summed E-state index contributed by atoms with van der Waals surface area (Å²) in [7, 11) is 0. The molecular formula is C14H26N2O2. The molecule has 0 fully saturated rings. The van der Waals surface area contributed by atoms with E-state index in [1.807, 2.05) is 10.8 Å². The summed E-state index contributed by atoms with van der Waals surface area (Å²) < 4.78 is 1.94. The number of nitrogens with zero attached hydrogens (tertiary/aromatic N) is 1. The van der Waals surface area contributed by atoms with Gasteiger partial charge in [-0.2, -0.15) is 0 Å². The van der Waals surface area contributed by atoms with E-state index in [4.69, 9.17) is 5.11 Å². The summed E-state index contributed by atoms with van der Waals surface area (Å²) in [5.41, 5.74) is 1.26. The summed E-state index contributed by atoms with van der Waals surface area (Å²) >= 11 is 0. The molecule has 0 saturated heterocycles. The summed E-state index contributed by atoms with van der Waals surface area (Å²) in [6.45, 7) is 5.63. The zero-order chi connectivity index (χ0) is 13.4. The third-order valence-electron chi connectivity index (χ3n) is 3.03. The van der Waals surface area contributed by atoms with Crippen molar-refractivity contribution < 1.29 is 10.2 Å². The molecule has 0 bridgehead atoms. The Bertz CT molecular complexity index is 325. The van der Waals surface area contributed by atoms with Crippen molar-refractivity contribution in [2.45, 2.75) is 51.8 Å². The van der Waals surface area contributed by atoms with E-state index in [2.05, 4.69) is 31.4 Å². The standard InChI is InChI=1S/C14H26N2O2/c1-3-5-14(15-7-4-2)12-6-8-16(9-12)10-13(18)11-17/h6,8-9,13-15,17-18H,3-5,7,10-11H2,1-2H3. The maximum atomic E-state index is 9.42. The zero-order valence-corrected chi connectivity index (χ0v) is 11.5. The van der Waals surface area contributed by atoms with Crippen LogP contribution in [-0.2, 0) is 6.54 Å². The lowest BCUT2D eigenvalue weighted by atomic mass is 10.1. The molecule has 0 spiro atoms. The van der Waals surface area contributed by atoms with Crippen molar-refractivity contribution in [3.63, 3.8) is 0 Å². The number of rotatable bonds is 9. The van der Waals surface area contributed by atoms with Crippen LogP contribution in [0.25, 0.3) is 0 Å². The van der Waals surface area contributed by atoms with E-state index in [0.717, 1.165) is 25.8 Å². The Kier molecular flexibility index (Phi) is 7.01. The first-order valence-electron chi connectivity index (χ1n) is 6.89. The summed E-state index contributed by atoms with van der Waals surface area (Å²) in [4.78, 5) is 0. The van der Waals surface area contributed by atoms with Gasteiger partial charge in [0.1, 0.15) is 0 Å². The molecule has 1 aromatic heterocycles. The van der Waals surface area contributed by atoms with Crippen molar-refractivity contribution in [2.75, 3.05) is 13.2 Å². The van der Waals surface area contributed by atoms with E-state index >= 15 is 0 Å². The van der Waals surface area contributed by atoms with Gasteiger partial charge in [0.05, 0.1) is 19.3 Å². The lowest BCUT2D eigenvalue weighted by Crippen LogP contribution is -2.22. The highest BCUT2D eigenvalue weighted by Crippen LogP contribution is 2.19. The second-order valence-corrected chi connectivity index (χ2v) is 4.77. The van der Waals surface area contributed by atoms with Gasteiger partial charge in [-0.25, -0.2) is 0 Å². The van der Waals surface area contributed by atoms with Crippen LogP contribution >= 0.6 is 0 Å². The summed E-state index contributed by atoms with van der Waals surface area (Å²) in [6, 6.07) is 2.48. The van der Waals surface area contributed by atoms with Crippen LogP contribution in [0.2, 0.25) is 0 Å². The molecule has 0 aliphatic heterocycles. The molecule has 0 aliphatic rings. The van der Waals surface area contributed by atoms with E-state index in [1.165, 1.54) is 5.56 Å². The van der Waals surface area contributed by atoms with Crippen LogP contribution in [-0.4, -0.2) is 34.0 Å². The highest BCUT2D eigenvalue weighted by atomic mass is 16.3. The minimum Gasteiger partial charge on any atom is -0.394 e. The second kappa shape index (κ2) is 8.29. The van der Waals surface area contributed by atoms with Crippen LogP contribution in [0, 0.1) is 0 Å². The first kappa shape index (κ1) is 15.2. The molecular weight excluding hydrogens is 228 g/mol. The van der Waals surface area contributed by atoms with Gasteiger partial charge in [0, 0.05) is 18.4 Å². The van der Waals surface area contributed by atoms with E-state index in [0.29, 0.717) is 12.6 Å². The Morgan fingerprint density at radius 3 is 2.72 bits per heavy atom. The van der Waals surface area contributed by atoms with Gasteiger partial charge in [0.25, 0.3) is 0 Å². The lowest BCUT2D eigenvalue weighted by Gasteiger charge is -2.16. The number of aromatic nitrogens is 1. The lowest BCUT2D eigenvalue weighted by molar-refractivity contribution is 0.0813. The quantitative estimate of drug-likeness (QED) is 0.628. The van der Waals surface area contributed by atoms with Crippen LogP contribution in [0.4, 0.5) is 0 Å². The second-order valence-electron chi connectivity index (χ2n) is 4.77. The molecule has 1 aromatic rings. The fourth-order valence-corrected chi connectivity index (χ4v) is 2.07. The number of hydrogen-bond acceptors (Lipinski definition) is 3. The monoisotopic (exact) mass is 254 g/mol. The number of hydrogen-bond donors (Lipinski definition) is 3. The SMILES string of the molecule is CCCNC(CCC)c1ccn(CC(O)CO)c1. The fraction of sp³-hybridized carbons (Fsp3) is 0.714. The third kappa shape index (κ3) is 4.80. The molecule has 2 unspecified atom stereocenters. The van der Waals surface area contributed by atoms with Gasteiger partial charge in [-0.3, -0.25) is 0 Å². The van der Waals surface area contributed by atoms with Gasteiger partial charge < -0.3 is 20.1 Å². The Morgan fingerprint density at radius 2 is 2.11 bits per heavy atom. The van der Waals surface area contributed by atoms with Crippen LogP contribution in [0.5, 0.6) is 0 Å². The normalized spacial score (nSPS) is 14.7. The summed E-state index contributed by atoms with van der Waals surface area (Å²) in [5, 5.41) is 21.8. The van der Waals surface area contributed by atoms with Crippen LogP contribution in [0.15, 0.2) is 18.5 Å². The fourth-order valence-electron chi connectivity index (χ4n) is 2.07. The molecule has 4 heteroatoms. The molecule has 2 atom stereocenters. The van der Waals surface area contributed by atoms with E-state index in [1.54, 1.807) is 0 Å². The van der Waals surface area contributed by atoms with Crippen LogP contribution in [0.3, 0.4) is 0 Å². The van der Waals surface area contributed by atoms with Gasteiger partial charge in [-0.05, 0) is 31.0 Å². The molecule has 0 radical (unpaired) electrons. The Balaban J connectivity index is 2.61. The first-order chi connectivity index (χ1) is 8.71. The first-order valence-corrected chi connectivity index (χ1v) is 6.89. The van der Waals surface area contributed by atoms with Gasteiger partial charge in [-0.15, -0.1) is 0 Å². The average Bonchev–Trinajstić information content (AvgIpc) is 2.82. The molecule has 0 aromatic carbocycles. The smallest absolute Gasteiger partial charge is 0.0949 e. The molecule has 104 valence electrons. The Hall–Kier alpha value is -0.840. The minimum absolute atomic E-state index is 0.194. The van der Waals surface area contributed by atoms with Gasteiger partial charge in [0.2, 0.25) is 0 Å². The maximum absolute atomic E-state index is 9.42.